The number of aliphatic imine (C=N–C) groups is 1. The molecule has 0 N–H and O–H groups in total. The number of esters is 1. The number of thioether (sulfide) groups is 1. The molecule has 0 radical (unpaired) electrons. The zero-order valence-electron chi connectivity index (χ0n) is 10.5. The molecule has 3 rings (SSSR count). The summed E-state index contributed by atoms with van der Waals surface area (Å²) in [6, 6.07) is 0.291. The van der Waals surface area contributed by atoms with Crippen LogP contribution in [-0.2, 0) is 14.3 Å². The summed E-state index contributed by atoms with van der Waals surface area (Å²) in [5, 5.41) is 1.14. The lowest BCUT2D eigenvalue weighted by Gasteiger charge is -2.32. The van der Waals surface area contributed by atoms with E-state index in [1.54, 1.807) is 11.8 Å². The number of rotatable bonds is 2. The number of hydrogen-bond acceptors (Lipinski definition) is 6. The highest BCUT2D eigenvalue weighted by Gasteiger charge is 2.39. The van der Waals surface area contributed by atoms with Gasteiger partial charge in [-0.15, -0.1) is 0 Å². The van der Waals surface area contributed by atoms with Crippen molar-refractivity contribution in [1.29, 1.82) is 0 Å². The standard InChI is InChI=1S/C12H18N2O3S/c1-8(15)16-7-9-3-4-10-11(17-9)18-12(13-10)14-5-2-6-14/h9-11H,2-7H2,1H3. The topological polar surface area (TPSA) is 51.1 Å². The van der Waals surface area contributed by atoms with Crippen molar-refractivity contribution >= 4 is 22.9 Å². The zero-order valence-corrected chi connectivity index (χ0v) is 11.3. The highest BCUT2D eigenvalue weighted by atomic mass is 32.2. The number of hydrogen-bond donors (Lipinski definition) is 0. The van der Waals surface area contributed by atoms with Gasteiger partial charge in [0.15, 0.2) is 5.17 Å². The second kappa shape index (κ2) is 5.09. The number of ether oxygens (including phenoxy) is 2. The molecule has 0 saturated carbocycles. The minimum atomic E-state index is -0.239. The monoisotopic (exact) mass is 270 g/mol. The van der Waals surface area contributed by atoms with Gasteiger partial charge in [-0.05, 0) is 19.3 Å². The van der Waals surface area contributed by atoms with Crippen LogP contribution in [0, 0.1) is 0 Å². The second-order valence-electron chi connectivity index (χ2n) is 4.94. The molecular formula is C12H18N2O3S. The molecule has 6 heteroatoms. The number of fused-ring (bicyclic) bond motifs is 1. The van der Waals surface area contributed by atoms with Crippen molar-refractivity contribution in [3.63, 3.8) is 0 Å². The van der Waals surface area contributed by atoms with Crippen LogP contribution in [0.2, 0.25) is 0 Å². The van der Waals surface area contributed by atoms with Crippen LogP contribution in [0.5, 0.6) is 0 Å². The molecule has 0 bridgehead atoms. The molecule has 2 saturated heterocycles. The van der Waals surface area contributed by atoms with Crippen molar-refractivity contribution in [2.45, 2.75) is 43.8 Å². The second-order valence-corrected chi connectivity index (χ2v) is 6.01. The maximum Gasteiger partial charge on any atom is 0.302 e. The average Bonchev–Trinajstić information content (AvgIpc) is 2.65. The first-order chi connectivity index (χ1) is 8.72. The number of carbonyl (C=O) groups is 1. The van der Waals surface area contributed by atoms with Crippen LogP contribution >= 0.6 is 11.8 Å². The van der Waals surface area contributed by atoms with E-state index in [0.29, 0.717) is 12.6 Å². The number of nitrogens with zero attached hydrogens (tertiary/aromatic N) is 2. The van der Waals surface area contributed by atoms with E-state index < -0.39 is 0 Å². The molecule has 3 aliphatic heterocycles. The Labute approximate surface area is 111 Å². The SMILES string of the molecule is CC(=O)OCC1CCC2N=C(N3CCC3)SC2O1. The van der Waals surface area contributed by atoms with Gasteiger partial charge in [-0.2, -0.15) is 0 Å². The van der Waals surface area contributed by atoms with Gasteiger partial charge >= 0.3 is 5.97 Å². The summed E-state index contributed by atoms with van der Waals surface area (Å²) in [7, 11) is 0. The van der Waals surface area contributed by atoms with Crippen LogP contribution in [0.3, 0.4) is 0 Å². The number of likely N-dealkylation sites (tertiary alicyclic amines) is 1. The predicted molar refractivity (Wildman–Crippen MR) is 69.5 cm³/mol. The lowest BCUT2D eigenvalue weighted by Crippen LogP contribution is -2.40. The Bertz CT molecular complexity index is 370. The van der Waals surface area contributed by atoms with Gasteiger partial charge in [0.1, 0.15) is 12.0 Å². The fraction of sp³-hybridized carbons (Fsp3) is 0.833. The van der Waals surface area contributed by atoms with Crippen molar-refractivity contribution in [3.05, 3.63) is 0 Å². The number of carbonyl (C=O) groups excluding carboxylic acids is 1. The first-order valence-electron chi connectivity index (χ1n) is 6.50. The summed E-state index contributed by atoms with van der Waals surface area (Å²) in [4.78, 5) is 17.8. The highest BCUT2D eigenvalue weighted by molar-refractivity contribution is 8.14. The van der Waals surface area contributed by atoms with E-state index in [1.807, 2.05) is 0 Å². The molecule has 3 unspecified atom stereocenters. The molecule has 0 amide bonds. The maximum atomic E-state index is 10.8. The Kier molecular flexibility index (Phi) is 3.48. The molecule has 3 aliphatic rings. The largest absolute Gasteiger partial charge is 0.463 e. The van der Waals surface area contributed by atoms with Crippen molar-refractivity contribution in [2.75, 3.05) is 19.7 Å². The number of amidine groups is 1. The van der Waals surface area contributed by atoms with Crippen LogP contribution in [0.4, 0.5) is 0 Å². The zero-order chi connectivity index (χ0) is 12.5. The molecule has 100 valence electrons. The van der Waals surface area contributed by atoms with Gasteiger partial charge < -0.3 is 14.4 Å². The van der Waals surface area contributed by atoms with Crippen LogP contribution in [0.25, 0.3) is 0 Å². The van der Waals surface area contributed by atoms with E-state index in [0.717, 1.165) is 31.1 Å². The molecule has 18 heavy (non-hydrogen) atoms. The quantitative estimate of drug-likeness (QED) is 0.706. The summed E-state index contributed by atoms with van der Waals surface area (Å²) in [6.07, 6.45) is 3.26. The molecule has 5 nitrogen and oxygen atoms in total. The van der Waals surface area contributed by atoms with Gasteiger partial charge in [-0.1, -0.05) is 11.8 Å². The minimum Gasteiger partial charge on any atom is -0.463 e. The lowest BCUT2D eigenvalue weighted by atomic mass is 10.1. The van der Waals surface area contributed by atoms with Gasteiger partial charge in [0, 0.05) is 20.0 Å². The summed E-state index contributed by atoms with van der Waals surface area (Å²) < 4.78 is 11.0. The Morgan fingerprint density at radius 1 is 1.56 bits per heavy atom. The third kappa shape index (κ3) is 2.49. The molecule has 0 aromatic rings. The molecule has 0 spiro atoms. The summed E-state index contributed by atoms with van der Waals surface area (Å²) >= 11 is 1.73. The fourth-order valence-corrected chi connectivity index (χ4v) is 3.65. The first-order valence-corrected chi connectivity index (χ1v) is 7.38. The third-order valence-electron chi connectivity index (χ3n) is 3.52. The van der Waals surface area contributed by atoms with Gasteiger partial charge in [-0.25, -0.2) is 0 Å². The van der Waals surface area contributed by atoms with Crippen molar-refractivity contribution in [3.8, 4) is 0 Å². The normalized spacial score (nSPS) is 34.6. The van der Waals surface area contributed by atoms with Crippen molar-refractivity contribution in [1.82, 2.24) is 4.90 Å². The molecule has 3 atom stereocenters. The van der Waals surface area contributed by atoms with E-state index in [2.05, 4.69) is 4.90 Å². The van der Waals surface area contributed by atoms with E-state index in [9.17, 15) is 4.79 Å². The van der Waals surface area contributed by atoms with Crippen molar-refractivity contribution < 1.29 is 14.3 Å². The fourth-order valence-electron chi connectivity index (χ4n) is 2.35. The average molecular weight is 270 g/mol. The molecule has 2 fully saturated rings. The first kappa shape index (κ1) is 12.3. The van der Waals surface area contributed by atoms with E-state index in [-0.39, 0.29) is 17.5 Å². The molecule has 3 heterocycles. The van der Waals surface area contributed by atoms with E-state index in [1.165, 1.54) is 13.3 Å². The van der Waals surface area contributed by atoms with Crippen LogP contribution < -0.4 is 0 Å². The van der Waals surface area contributed by atoms with Gasteiger partial charge in [0.25, 0.3) is 0 Å². The maximum absolute atomic E-state index is 10.8. The van der Waals surface area contributed by atoms with Crippen molar-refractivity contribution in [2.24, 2.45) is 4.99 Å². The minimum absolute atomic E-state index is 0.0357. The van der Waals surface area contributed by atoms with Gasteiger partial charge in [-0.3, -0.25) is 9.79 Å². The van der Waals surface area contributed by atoms with E-state index >= 15 is 0 Å². The van der Waals surface area contributed by atoms with E-state index in [4.69, 9.17) is 14.5 Å². The Balaban J connectivity index is 1.51. The predicted octanol–water partition coefficient (Wildman–Crippen LogP) is 1.23. The Morgan fingerprint density at radius 3 is 3.06 bits per heavy atom. The lowest BCUT2D eigenvalue weighted by molar-refractivity contribution is -0.147. The van der Waals surface area contributed by atoms with Crippen LogP contribution in [0.15, 0.2) is 4.99 Å². The van der Waals surface area contributed by atoms with Gasteiger partial charge in [0.05, 0.1) is 12.1 Å². The van der Waals surface area contributed by atoms with Crippen LogP contribution in [0.1, 0.15) is 26.2 Å². The highest BCUT2D eigenvalue weighted by Crippen LogP contribution is 2.37. The molecule has 0 aromatic heterocycles. The smallest absolute Gasteiger partial charge is 0.302 e. The van der Waals surface area contributed by atoms with Gasteiger partial charge in [0.2, 0.25) is 0 Å². The Hall–Kier alpha value is -0.750. The molecule has 0 aliphatic carbocycles. The summed E-state index contributed by atoms with van der Waals surface area (Å²) in [5.74, 6) is -0.239. The third-order valence-corrected chi connectivity index (χ3v) is 4.75. The Morgan fingerprint density at radius 2 is 2.39 bits per heavy atom. The molecular weight excluding hydrogens is 252 g/mol. The van der Waals surface area contributed by atoms with Crippen LogP contribution in [-0.4, -0.2) is 53.3 Å². The molecule has 0 aromatic carbocycles. The summed E-state index contributed by atoms with van der Waals surface area (Å²) in [5.41, 5.74) is 0.120. The summed E-state index contributed by atoms with van der Waals surface area (Å²) in [6.45, 7) is 4.06.